The molecule has 86 valence electrons. The number of nitrogens with one attached hydrogen (secondary N) is 1. The van der Waals surface area contributed by atoms with Crippen molar-refractivity contribution in [3.05, 3.63) is 23.4 Å². The molecule has 2 aromatic rings. The molecular weight excluding hydrogens is 228 g/mol. The fourth-order valence-corrected chi connectivity index (χ4v) is 1.47. The van der Waals surface area contributed by atoms with E-state index in [-0.39, 0.29) is 0 Å². The van der Waals surface area contributed by atoms with Crippen molar-refractivity contribution in [1.29, 1.82) is 0 Å². The Balaban J connectivity index is 2.02. The summed E-state index contributed by atoms with van der Waals surface area (Å²) in [5, 5.41) is 7.94. The summed E-state index contributed by atoms with van der Waals surface area (Å²) in [4.78, 5) is 4.28. The zero-order valence-electron chi connectivity index (χ0n) is 8.98. The van der Waals surface area contributed by atoms with Crippen LogP contribution in [0.15, 0.2) is 18.3 Å². The summed E-state index contributed by atoms with van der Waals surface area (Å²) >= 11 is 5.84. The molecule has 0 saturated heterocycles. The number of rotatable bonds is 5. The maximum Gasteiger partial charge on any atom is 0.243 e. The maximum atomic E-state index is 5.84. The Hall–Kier alpha value is -1.33. The van der Waals surface area contributed by atoms with Gasteiger partial charge in [-0.05, 0) is 19.1 Å². The van der Waals surface area contributed by atoms with Crippen molar-refractivity contribution in [2.75, 3.05) is 25.1 Å². The number of halogens is 1. The van der Waals surface area contributed by atoms with Crippen LogP contribution in [0.1, 0.15) is 6.92 Å². The molecule has 16 heavy (non-hydrogen) atoms. The highest BCUT2D eigenvalue weighted by Gasteiger charge is 2.02. The Morgan fingerprint density at radius 3 is 3.19 bits per heavy atom. The van der Waals surface area contributed by atoms with Gasteiger partial charge in [-0.2, -0.15) is 4.98 Å². The third-order valence-corrected chi connectivity index (χ3v) is 2.25. The van der Waals surface area contributed by atoms with E-state index in [1.54, 1.807) is 16.8 Å². The van der Waals surface area contributed by atoms with Crippen LogP contribution in [0.3, 0.4) is 0 Å². The highest BCUT2D eigenvalue weighted by atomic mass is 35.5. The summed E-state index contributed by atoms with van der Waals surface area (Å²) in [6.45, 7) is 4.02. The molecule has 2 aromatic heterocycles. The quantitative estimate of drug-likeness (QED) is 0.811. The maximum absolute atomic E-state index is 5.84. The van der Waals surface area contributed by atoms with Gasteiger partial charge in [0.05, 0.1) is 11.6 Å². The van der Waals surface area contributed by atoms with Crippen molar-refractivity contribution in [2.24, 2.45) is 0 Å². The van der Waals surface area contributed by atoms with Crippen LogP contribution in [0, 0.1) is 0 Å². The van der Waals surface area contributed by atoms with Gasteiger partial charge < -0.3 is 10.1 Å². The second kappa shape index (κ2) is 5.14. The van der Waals surface area contributed by atoms with Gasteiger partial charge in [-0.3, -0.25) is 0 Å². The van der Waals surface area contributed by atoms with Crippen molar-refractivity contribution < 1.29 is 4.74 Å². The molecule has 0 amide bonds. The van der Waals surface area contributed by atoms with Crippen LogP contribution in [0.25, 0.3) is 5.65 Å². The lowest BCUT2D eigenvalue weighted by Crippen LogP contribution is -2.10. The molecule has 5 nitrogen and oxygen atoms in total. The summed E-state index contributed by atoms with van der Waals surface area (Å²) in [5.74, 6) is 0.585. The molecule has 0 aliphatic rings. The fraction of sp³-hybridized carbons (Fsp3) is 0.400. The van der Waals surface area contributed by atoms with Gasteiger partial charge in [-0.15, -0.1) is 5.10 Å². The van der Waals surface area contributed by atoms with E-state index in [1.165, 1.54) is 0 Å². The molecule has 2 heterocycles. The first-order valence-corrected chi connectivity index (χ1v) is 5.51. The monoisotopic (exact) mass is 240 g/mol. The molecule has 0 aliphatic carbocycles. The van der Waals surface area contributed by atoms with E-state index >= 15 is 0 Å². The van der Waals surface area contributed by atoms with Gasteiger partial charge in [0, 0.05) is 19.3 Å². The molecule has 0 unspecified atom stereocenters. The number of pyridine rings is 1. The molecule has 0 spiro atoms. The molecule has 0 atom stereocenters. The second-order valence-corrected chi connectivity index (χ2v) is 3.65. The Bertz CT molecular complexity index is 471. The van der Waals surface area contributed by atoms with Crippen LogP contribution >= 0.6 is 11.6 Å². The van der Waals surface area contributed by atoms with E-state index < -0.39 is 0 Å². The lowest BCUT2D eigenvalue weighted by Gasteiger charge is -2.00. The lowest BCUT2D eigenvalue weighted by atomic mass is 10.5. The first kappa shape index (κ1) is 11.2. The number of hydrogen-bond acceptors (Lipinski definition) is 4. The van der Waals surface area contributed by atoms with Gasteiger partial charge in [0.25, 0.3) is 0 Å². The number of anilines is 1. The Morgan fingerprint density at radius 2 is 2.38 bits per heavy atom. The van der Waals surface area contributed by atoms with Crippen molar-refractivity contribution in [3.8, 4) is 0 Å². The minimum Gasteiger partial charge on any atom is -0.380 e. The van der Waals surface area contributed by atoms with Gasteiger partial charge in [0.1, 0.15) is 0 Å². The van der Waals surface area contributed by atoms with E-state index in [0.717, 1.165) is 12.3 Å². The molecule has 0 fully saturated rings. The van der Waals surface area contributed by atoms with E-state index in [4.69, 9.17) is 16.3 Å². The second-order valence-electron chi connectivity index (χ2n) is 3.21. The fourth-order valence-electron chi connectivity index (χ4n) is 1.31. The SMILES string of the molecule is CCOCCNc1nc2ccc(Cl)cn2n1. The van der Waals surface area contributed by atoms with Crippen LogP contribution in [-0.4, -0.2) is 34.4 Å². The summed E-state index contributed by atoms with van der Waals surface area (Å²) in [5.41, 5.74) is 0.767. The molecule has 2 rings (SSSR count). The van der Waals surface area contributed by atoms with Crippen molar-refractivity contribution in [1.82, 2.24) is 14.6 Å². The lowest BCUT2D eigenvalue weighted by molar-refractivity contribution is 0.158. The topological polar surface area (TPSA) is 51.5 Å². The highest BCUT2D eigenvalue weighted by molar-refractivity contribution is 6.30. The summed E-state index contributed by atoms with van der Waals surface area (Å²) in [7, 11) is 0. The standard InChI is InChI=1S/C10H13ClN4O/c1-2-16-6-5-12-10-13-9-4-3-8(11)7-15(9)14-10/h3-4,7H,2,5-6H2,1H3,(H,12,14). The van der Waals surface area contributed by atoms with Crippen LogP contribution in [0.5, 0.6) is 0 Å². The summed E-state index contributed by atoms with van der Waals surface area (Å²) in [6, 6.07) is 3.61. The van der Waals surface area contributed by atoms with E-state index in [0.29, 0.717) is 24.1 Å². The van der Waals surface area contributed by atoms with Crippen molar-refractivity contribution >= 4 is 23.2 Å². The van der Waals surface area contributed by atoms with Gasteiger partial charge >= 0.3 is 0 Å². The van der Waals surface area contributed by atoms with Crippen molar-refractivity contribution in [2.45, 2.75) is 6.92 Å². The summed E-state index contributed by atoms with van der Waals surface area (Å²) < 4.78 is 6.85. The highest BCUT2D eigenvalue weighted by Crippen LogP contribution is 2.10. The smallest absolute Gasteiger partial charge is 0.243 e. The average Bonchev–Trinajstić information content (AvgIpc) is 2.66. The molecule has 6 heteroatoms. The Kier molecular flexibility index (Phi) is 3.58. The minimum absolute atomic E-state index is 0.585. The molecule has 0 saturated carbocycles. The molecule has 1 N–H and O–H groups in total. The van der Waals surface area contributed by atoms with Gasteiger partial charge in [0.2, 0.25) is 5.95 Å². The Morgan fingerprint density at radius 1 is 1.50 bits per heavy atom. The normalized spacial score (nSPS) is 10.9. The molecule has 0 aliphatic heterocycles. The molecule has 0 radical (unpaired) electrons. The van der Waals surface area contributed by atoms with Crippen LogP contribution in [-0.2, 0) is 4.74 Å². The van der Waals surface area contributed by atoms with E-state index in [2.05, 4.69) is 15.4 Å². The third-order valence-electron chi connectivity index (χ3n) is 2.03. The zero-order chi connectivity index (χ0) is 11.4. The van der Waals surface area contributed by atoms with Gasteiger partial charge in [-0.1, -0.05) is 11.6 Å². The van der Waals surface area contributed by atoms with Gasteiger partial charge in [-0.25, -0.2) is 4.52 Å². The van der Waals surface area contributed by atoms with Crippen LogP contribution < -0.4 is 5.32 Å². The summed E-state index contributed by atoms with van der Waals surface area (Å²) in [6.07, 6.45) is 1.72. The van der Waals surface area contributed by atoms with E-state index in [1.807, 2.05) is 13.0 Å². The average molecular weight is 241 g/mol. The number of ether oxygens (including phenoxy) is 1. The number of hydrogen-bond donors (Lipinski definition) is 1. The largest absolute Gasteiger partial charge is 0.380 e. The number of aromatic nitrogens is 3. The minimum atomic E-state index is 0.585. The first-order valence-electron chi connectivity index (χ1n) is 5.13. The number of fused-ring (bicyclic) bond motifs is 1. The molecule has 0 bridgehead atoms. The van der Waals surface area contributed by atoms with E-state index in [9.17, 15) is 0 Å². The van der Waals surface area contributed by atoms with Crippen LogP contribution in [0.4, 0.5) is 5.95 Å². The molecule has 0 aromatic carbocycles. The van der Waals surface area contributed by atoms with Gasteiger partial charge in [0.15, 0.2) is 5.65 Å². The predicted molar refractivity (Wildman–Crippen MR) is 63.0 cm³/mol. The van der Waals surface area contributed by atoms with Crippen molar-refractivity contribution in [3.63, 3.8) is 0 Å². The molecular formula is C10H13ClN4O. The third kappa shape index (κ3) is 2.62. The number of nitrogens with zero attached hydrogens (tertiary/aromatic N) is 3. The Labute approximate surface area is 98.4 Å². The zero-order valence-corrected chi connectivity index (χ0v) is 9.74. The predicted octanol–water partition coefficient (Wildman–Crippen LogP) is 1.83. The van der Waals surface area contributed by atoms with Crippen LogP contribution in [0.2, 0.25) is 5.02 Å². The first-order chi connectivity index (χ1) is 7.79.